The van der Waals surface area contributed by atoms with Crippen molar-refractivity contribution >= 4 is 5.91 Å². The molecule has 0 aliphatic heterocycles. The summed E-state index contributed by atoms with van der Waals surface area (Å²) in [6, 6.07) is 17.2. The summed E-state index contributed by atoms with van der Waals surface area (Å²) in [5.74, 6) is 0.742. The fraction of sp³-hybridized carbons (Fsp3) is 0.333. The zero-order valence-electron chi connectivity index (χ0n) is 15.2. The van der Waals surface area contributed by atoms with Crippen LogP contribution in [-0.2, 0) is 11.2 Å². The number of nitrogens with one attached hydrogen (secondary N) is 1. The number of hydrogen-bond donors (Lipinski definition) is 1. The van der Waals surface area contributed by atoms with E-state index < -0.39 is 0 Å². The average Bonchev–Trinajstić information content (AvgIpc) is 2.66. The lowest BCUT2D eigenvalue weighted by Crippen LogP contribution is -2.36. The zero-order valence-corrected chi connectivity index (χ0v) is 15.2. The lowest BCUT2D eigenvalue weighted by Gasteiger charge is -2.15. The molecule has 0 fully saturated rings. The highest BCUT2D eigenvalue weighted by molar-refractivity contribution is 5.77. The predicted molar refractivity (Wildman–Crippen MR) is 100 cm³/mol. The average molecular weight is 352 g/mol. The van der Waals surface area contributed by atoms with Gasteiger partial charge in [0.2, 0.25) is 0 Å². The quantitative estimate of drug-likeness (QED) is 0.750. The largest absolute Gasteiger partial charge is 0.490 e. The van der Waals surface area contributed by atoms with Crippen LogP contribution in [0.25, 0.3) is 0 Å². The number of nitriles is 1. The molecule has 2 aromatic carbocycles. The van der Waals surface area contributed by atoms with Gasteiger partial charge in [0.25, 0.3) is 5.91 Å². The summed E-state index contributed by atoms with van der Waals surface area (Å²) in [7, 11) is 0. The van der Waals surface area contributed by atoms with E-state index in [0.29, 0.717) is 23.7 Å². The van der Waals surface area contributed by atoms with Crippen molar-refractivity contribution in [3.63, 3.8) is 0 Å². The van der Waals surface area contributed by atoms with Crippen LogP contribution in [0.4, 0.5) is 0 Å². The second kappa shape index (κ2) is 10.1. The monoisotopic (exact) mass is 352 g/mol. The first kappa shape index (κ1) is 19.3. The first-order chi connectivity index (χ1) is 12.6. The Hall–Kier alpha value is -3.00. The van der Waals surface area contributed by atoms with E-state index in [-0.39, 0.29) is 18.6 Å². The third kappa shape index (κ3) is 6.14. The van der Waals surface area contributed by atoms with Gasteiger partial charge < -0.3 is 14.8 Å². The summed E-state index contributed by atoms with van der Waals surface area (Å²) in [4.78, 5) is 12.1. The smallest absolute Gasteiger partial charge is 0.258 e. The molecule has 26 heavy (non-hydrogen) atoms. The van der Waals surface area contributed by atoms with Crippen molar-refractivity contribution in [1.82, 2.24) is 5.32 Å². The van der Waals surface area contributed by atoms with E-state index in [9.17, 15) is 4.79 Å². The third-order valence-electron chi connectivity index (χ3n) is 3.85. The van der Waals surface area contributed by atoms with Gasteiger partial charge in [0.1, 0.15) is 0 Å². The molecule has 136 valence electrons. The Morgan fingerprint density at radius 1 is 1.15 bits per heavy atom. The van der Waals surface area contributed by atoms with E-state index in [1.807, 2.05) is 32.0 Å². The second-order valence-corrected chi connectivity index (χ2v) is 5.99. The summed E-state index contributed by atoms with van der Waals surface area (Å²) in [5, 5.41) is 11.9. The van der Waals surface area contributed by atoms with E-state index in [0.717, 1.165) is 12.8 Å². The van der Waals surface area contributed by atoms with Crippen LogP contribution in [0.3, 0.4) is 0 Å². The standard InChI is InChI=1S/C21H24N2O3/c1-3-25-20-13-18(14-22)11-12-19(20)26-15-21(24)23-16(2)9-10-17-7-5-4-6-8-17/h4-8,11-13,16H,3,9-10,15H2,1-2H3,(H,23,24)/t16-/m1/s1. The highest BCUT2D eigenvalue weighted by Gasteiger charge is 2.11. The van der Waals surface area contributed by atoms with Crippen LogP contribution in [0.2, 0.25) is 0 Å². The van der Waals surface area contributed by atoms with Crippen LogP contribution in [0.5, 0.6) is 11.5 Å². The molecule has 0 bridgehead atoms. The van der Waals surface area contributed by atoms with Crippen molar-refractivity contribution in [3.8, 4) is 17.6 Å². The fourth-order valence-electron chi connectivity index (χ4n) is 2.52. The molecular weight excluding hydrogens is 328 g/mol. The number of carbonyl (C=O) groups is 1. The van der Waals surface area contributed by atoms with Gasteiger partial charge in [-0.2, -0.15) is 5.26 Å². The number of amides is 1. The van der Waals surface area contributed by atoms with Crippen LogP contribution in [-0.4, -0.2) is 25.2 Å². The van der Waals surface area contributed by atoms with E-state index >= 15 is 0 Å². The summed E-state index contributed by atoms with van der Waals surface area (Å²) in [5.41, 5.74) is 1.74. The Morgan fingerprint density at radius 2 is 1.92 bits per heavy atom. The Balaban J connectivity index is 1.81. The summed E-state index contributed by atoms with van der Waals surface area (Å²) in [6.45, 7) is 4.19. The summed E-state index contributed by atoms with van der Waals surface area (Å²) >= 11 is 0. The van der Waals surface area contributed by atoms with Crippen LogP contribution < -0.4 is 14.8 Å². The minimum atomic E-state index is -0.183. The van der Waals surface area contributed by atoms with Crippen LogP contribution >= 0.6 is 0 Å². The SMILES string of the molecule is CCOc1cc(C#N)ccc1OCC(=O)N[C@H](C)CCc1ccccc1. The van der Waals surface area contributed by atoms with E-state index in [4.69, 9.17) is 14.7 Å². The van der Waals surface area contributed by atoms with Gasteiger partial charge in [-0.15, -0.1) is 0 Å². The van der Waals surface area contributed by atoms with Crippen molar-refractivity contribution in [1.29, 1.82) is 5.26 Å². The lowest BCUT2D eigenvalue weighted by molar-refractivity contribution is -0.123. The number of carbonyl (C=O) groups excluding carboxylic acids is 1. The molecule has 0 aliphatic carbocycles. The van der Waals surface area contributed by atoms with Gasteiger partial charge in [-0.25, -0.2) is 0 Å². The minimum Gasteiger partial charge on any atom is -0.490 e. The Bertz CT molecular complexity index is 754. The van der Waals surface area contributed by atoms with Crippen molar-refractivity contribution < 1.29 is 14.3 Å². The second-order valence-electron chi connectivity index (χ2n) is 5.99. The molecule has 0 unspecified atom stereocenters. The molecule has 1 N–H and O–H groups in total. The topological polar surface area (TPSA) is 71.3 Å². The van der Waals surface area contributed by atoms with Gasteiger partial charge in [-0.05, 0) is 44.4 Å². The van der Waals surface area contributed by atoms with E-state index in [1.165, 1.54) is 5.56 Å². The molecule has 1 atom stereocenters. The van der Waals surface area contributed by atoms with Crippen molar-refractivity contribution in [3.05, 3.63) is 59.7 Å². The van der Waals surface area contributed by atoms with E-state index in [1.54, 1.807) is 18.2 Å². The van der Waals surface area contributed by atoms with Crippen molar-refractivity contribution in [2.24, 2.45) is 0 Å². The molecule has 2 aromatic rings. The number of rotatable bonds is 9. The van der Waals surface area contributed by atoms with Gasteiger partial charge in [0, 0.05) is 12.1 Å². The fourth-order valence-corrected chi connectivity index (χ4v) is 2.52. The lowest BCUT2D eigenvalue weighted by atomic mass is 10.1. The van der Waals surface area contributed by atoms with Gasteiger partial charge >= 0.3 is 0 Å². The molecule has 0 spiro atoms. The summed E-state index contributed by atoms with van der Waals surface area (Å²) < 4.78 is 11.0. The van der Waals surface area contributed by atoms with E-state index in [2.05, 4.69) is 23.5 Å². The Kier molecular flexibility index (Phi) is 7.50. The highest BCUT2D eigenvalue weighted by Crippen LogP contribution is 2.28. The first-order valence-electron chi connectivity index (χ1n) is 8.75. The van der Waals surface area contributed by atoms with Crippen LogP contribution in [0, 0.1) is 11.3 Å². The molecule has 0 radical (unpaired) electrons. The van der Waals surface area contributed by atoms with Gasteiger partial charge in [-0.3, -0.25) is 4.79 Å². The molecular formula is C21H24N2O3. The minimum absolute atomic E-state index is 0.0543. The maximum atomic E-state index is 12.1. The number of benzene rings is 2. The predicted octanol–water partition coefficient (Wildman–Crippen LogP) is 3.47. The molecule has 0 heterocycles. The molecule has 0 saturated carbocycles. The van der Waals surface area contributed by atoms with Gasteiger partial charge in [-0.1, -0.05) is 30.3 Å². The van der Waals surface area contributed by atoms with Crippen LogP contribution in [0.15, 0.2) is 48.5 Å². The Morgan fingerprint density at radius 3 is 2.62 bits per heavy atom. The van der Waals surface area contributed by atoms with Gasteiger partial charge in [0.15, 0.2) is 18.1 Å². The van der Waals surface area contributed by atoms with Crippen LogP contribution in [0.1, 0.15) is 31.4 Å². The Labute approximate surface area is 154 Å². The van der Waals surface area contributed by atoms with Crippen molar-refractivity contribution in [2.75, 3.05) is 13.2 Å². The molecule has 5 heteroatoms. The third-order valence-corrected chi connectivity index (χ3v) is 3.85. The first-order valence-corrected chi connectivity index (χ1v) is 8.75. The maximum absolute atomic E-state index is 12.1. The number of aryl methyl sites for hydroxylation is 1. The molecule has 0 saturated heterocycles. The van der Waals surface area contributed by atoms with Crippen molar-refractivity contribution in [2.45, 2.75) is 32.7 Å². The molecule has 2 rings (SSSR count). The van der Waals surface area contributed by atoms with Gasteiger partial charge in [0.05, 0.1) is 18.2 Å². The number of ether oxygens (including phenoxy) is 2. The molecule has 1 amide bonds. The summed E-state index contributed by atoms with van der Waals surface area (Å²) in [6.07, 6.45) is 1.77. The molecule has 5 nitrogen and oxygen atoms in total. The molecule has 0 aliphatic rings. The number of hydrogen-bond acceptors (Lipinski definition) is 4. The maximum Gasteiger partial charge on any atom is 0.258 e. The normalized spacial score (nSPS) is 11.3. The number of nitrogens with zero attached hydrogens (tertiary/aromatic N) is 1. The zero-order chi connectivity index (χ0) is 18.8. The molecule has 0 aromatic heterocycles. The highest BCUT2D eigenvalue weighted by atomic mass is 16.5.